The van der Waals surface area contributed by atoms with E-state index in [1.165, 1.54) is 19.1 Å². The summed E-state index contributed by atoms with van der Waals surface area (Å²) in [4.78, 5) is 0. The fourth-order valence-corrected chi connectivity index (χ4v) is 2.77. The molecule has 0 spiro atoms. The van der Waals surface area contributed by atoms with Crippen molar-refractivity contribution in [1.29, 1.82) is 0 Å². The molecular weight excluding hydrogens is 310 g/mol. The third-order valence-electron chi connectivity index (χ3n) is 4.37. The Kier molecular flexibility index (Phi) is 5.27. The second-order valence-corrected chi connectivity index (χ2v) is 6.50. The number of rotatable bonds is 4. The first-order valence-corrected chi connectivity index (χ1v) is 8.31. The highest BCUT2D eigenvalue weighted by molar-refractivity contribution is 5.64. The molecule has 1 aliphatic rings. The zero-order chi connectivity index (χ0) is 17.1. The van der Waals surface area contributed by atoms with Gasteiger partial charge in [-0.05, 0) is 42.2 Å². The van der Waals surface area contributed by atoms with Crippen molar-refractivity contribution in [3.63, 3.8) is 0 Å². The van der Waals surface area contributed by atoms with E-state index in [1.807, 2.05) is 24.3 Å². The predicted molar refractivity (Wildman–Crippen MR) is 89.7 cm³/mol. The molecule has 1 saturated heterocycles. The van der Waals surface area contributed by atoms with Crippen molar-refractivity contribution in [2.24, 2.45) is 5.92 Å². The Morgan fingerprint density at radius 1 is 0.958 bits per heavy atom. The molecule has 0 atom stereocenters. The molecule has 0 unspecified atom stereocenters. The summed E-state index contributed by atoms with van der Waals surface area (Å²) in [5.41, 5.74) is 2.56. The molecule has 4 heteroatoms. The second kappa shape index (κ2) is 7.41. The summed E-state index contributed by atoms with van der Waals surface area (Å²) in [7, 11) is 0. The van der Waals surface area contributed by atoms with Crippen molar-refractivity contribution in [1.82, 2.24) is 0 Å². The zero-order valence-corrected chi connectivity index (χ0v) is 14.0. The van der Waals surface area contributed by atoms with Gasteiger partial charge in [0.1, 0.15) is 11.6 Å². The summed E-state index contributed by atoms with van der Waals surface area (Å²) in [5.74, 6) is -0.583. The van der Waals surface area contributed by atoms with Crippen molar-refractivity contribution in [2.45, 2.75) is 33.0 Å². The Bertz CT molecular complexity index is 666. The first kappa shape index (κ1) is 17.1. The van der Waals surface area contributed by atoms with Gasteiger partial charge >= 0.3 is 0 Å². The smallest absolute Gasteiger partial charge is 0.157 e. The van der Waals surface area contributed by atoms with Crippen LogP contribution in [-0.2, 0) is 15.9 Å². The van der Waals surface area contributed by atoms with Crippen LogP contribution in [0.3, 0.4) is 0 Å². The van der Waals surface area contributed by atoms with Gasteiger partial charge in [-0.25, -0.2) is 8.78 Å². The molecule has 1 fully saturated rings. The van der Waals surface area contributed by atoms with E-state index < -0.39 is 11.6 Å². The number of halogens is 2. The largest absolute Gasteiger partial charge is 0.352 e. The lowest BCUT2D eigenvalue weighted by atomic mass is 10.0. The highest BCUT2D eigenvalue weighted by Crippen LogP contribution is 2.25. The van der Waals surface area contributed by atoms with E-state index in [2.05, 4.69) is 6.92 Å². The minimum absolute atomic E-state index is 0.0529. The van der Waals surface area contributed by atoms with Crippen LogP contribution >= 0.6 is 0 Å². The molecule has 128 valence electrons. The normalized spacial score (nSPS) is 21.0. The predicted octanol–water partition coefficient (Wildman–Crippen LogP) is 4.88. The van der Waals surface area contributed by atoms with Crippen molar-refractivity contribution in [2.75, 3.05) is 13.2 Å². The Morgan fingerprint density at radius 2 is 1.54 bits per heavy atom. The van der Waals surface area contributed by atoms with Crippen LogP contribution in [0.25, 0.3) is 11.1 Å². The molecule has 2 aromatic rings. The van der Waals surface area contributed by atoms with Gasteiger partial charge in [0, 0.05) is 17.9 Å². The van der Waals surface area contributed by atoms with Gasteiger partial charge in [0.15, 0.2) is 6.29 Å². The number of benzene rings is 2. The van der Waals surface area contributed by atoms with Crippen molar-refractivity contribution in [3.8, 4) is 11.1 Å². The number of ether oxygens (including phenoxy) is 2. The quantitative estimate of drug-likeness (QED) is 0.794. The van der Waals surface area contributed by atoms with Gasteiger partial charge in [0.05, 0.1) is 13.2 Å². The van der Waals surface area contributed by atoms with Gasteiger partial charge in [-0.3, -0.25) is 0 Å². The molecule has 2 nitrogen and oxygen atoms in total. The lowest BCUT2D eigenvalue weighted by Crippen LogP contribution is -2.30. The van der Waals surface area contributed by atoms with Crippen LogP contribution in [-0.4, -0.2) is 19.5 Å². The van der Waals surface area contributed by atoms with Gasteiger partial charge in [0.25, 0.3) is 0 Å². The van der Waals surface area contributed by atoms with E-state index in [-0.39, 0.29) is 11.9 Å². The highest BCUT2D eigenvalue weighted by atomic mass is 19.1. The van der Waals surface area contributed by atoms with Crippen LogP contribution < -0.4 is 0 Å². The van der Waals surface area contributed by atoms with Crippen LogP contribution in [0.15, 0.2) is 36.4 Å². The molecule has 0 bridgehead atoms. The van der Waals surface area contributed by atoms with Crippen LogP contribution in [0.2, 0.25) is 0 Å². The van der Waals surface area contributed by atoms with Gasteiger partial charge in [0.2, 0.25) is 0 Å². The Hall–Kier alpha value is -1.78. The van der Waals surface area contributed by atoms with Crippen molar-refractivity contribution in [3.05, 3.63) is 59.2 Å². The average Bonchev–Trinajstić information content (AvgIpc) is 2.59. The Morgan fingerprint density at radius 3 is 2.12 bits per heavy atom. The Balaban J connectivity index is 1.63. The van der Waals surface area contributed by atoms with Crippen molar-refractivity contribution >= 4 is 0 Å². The summed E-state index contributed by atoms with van der Waals surface area (Å²) < 4.78 is 38.7. The number of hydrogen-bond donors (Lipinski definition) is 0. The van der Waals surface area contributed by atoms with E-state index >= 15 is 0 Å². The third kappa shape index (κ3) is 4.00. The maximum Gasteiger partial charge on any atom is 0.157 e. The first-order chi connectivity index (χ1) is 11.5. The zero-order valence-electron chi connectivity index (χ0n) is 14.0. The van der Waals surface area contributed by atoms with E-state index in [0.29, 0.717) is 11.5 Å². The summed E-state index contributed by atoms with van der Waals surface area (Å²) in [6, 6.07) is 10.5. The number of hydrogen-bond acceptors (Lipinski definition) is 2. The van der Waals surface area contributed by atoms with E-state index in [1.54, 1.807) is 0 Å². The minimum Gasteiger partial charge on any atom is -0.352 e. The second-order valence-electron chi connectivity index (χ2n) is 6.50. The molecule has 0 aliphatic carbocycles. The van der Waals surface area contributed by atoms with Crippen LogP contribution in [0.5, 0.6) is 0 Å². The molecule has 1 heterocycles. The van der Waals surface area contributed by atoms with Gasteiger partial charge in [-0.15, -0.1) is 0 Å². The summed E-state index contributed by atoms with van der Waals surface area (Å²) in [5, 5.41) is 0. The molecule has 2 aromatic carbocycles. The molecule has 0 amide bonds. The monoisotopic (exact) mass is 332 g/mol. The summed E-state index contributed by atoms with van der Waals surface area (Å²) in [6.07, 6.45) is 1.51. The lowest BCUT2D eigenvalue weighted by molar-refractivity contribution is -0.199. The molecule has 0 radical (unpaired) electrons. The Labute approximate surface area is 141 Å². The third-order valence-corrected chi connectivity index (χ3v) is 4.37. The fourth-order valence-electron chi connectivity index (χ4n) is 2.77. The van der Waals surface area contributed by atoms with E-state index in [0.717, 1.165) is 37.2 Å². The molecule has 0 N–H and O–H groups in total. The molecule has 1 aliphatic heterocycles. The maximum absolute atomic E-state index is 13.7. The molecule has 0 aromatic heterocycles. The first-order valence-electron chi connectivity index (χ1n) is 8.31. The topological polar surface area (TPSA) is 18.5 Å². The summed E-state index contributed by atoms with van der Waals surface area (Å²) >= 11 is 0. The van der Waals surface area contributed by atoms with Crippen LogP contribution in [0.4, 0.5) is 8.78 Å². The number of aryl methyl sites for hydroxylation is 1. The van der Waals surface area contributed by atoms with Crippen LogP contribution in [0, 0.1) is 24.5 Å². The van der Waals surface area contributed by atoms with Gasteiger partial charge in [-0.2, -0.15) is 0 Å². The van der Waals surface area contributed by atoms with Gasteiger partial charge < -0.3 is 9.47 Å². The van der Waals surface area contributed by atoms with Crippen LogP contribution in [0.1, 0.15) is 24.5 Å². The minimum atomic E-state index is -0.519. The highest BCUT2D eigenvalue weighted by Gasteiger charge is 2.18. The fraction of sp³-hybridized carbons (Fsp3) is 0.400. The molecule has 3 rings (SSSR count). The van der Waals surface area contributed by atoms with Gasteiger partial charge in [-0.1, -0.05) is 31.2 Å². The molecule has 0 saturated carbocycles. The lowest BCUT2D eigenvalue weighted by Gasteiger charge is -2.27. The SMILES string of the molecule is Cc1c(F)cc(-c2ccc(CCC3OCC(C)CO3)cc2)cc1F. The molecular formula is C20H22F2O2. The van der Waals surface area contributed by atoms with E-state index in [9.17, 15) is 8.78 Å². The van der Waals surface area contributed by atoms with E-state index in [4.69, 9.17) is 9.47 Å². The molecule has 24 heavy (non-hydrogen) atoms. The average molecular weight is 332 g/mol. The summed E-state index contributed by atoms with van der Waals surface area (Å²) in [6.45, 7) is 5.03. The standard InChI is InChI=1S/C20H22F2O2/c1-13-11-23-20(24-12-13)8-5-15-3-6-16(7-4-15)17-9-18(21)14(2)19(22)10-17/h3-4,6-7,9-10,13,20H,5,8,11-12H2,1-2H3. The maximum atomic E-state index is 13.7. The van der Waals surface area contributed by atoms with Crippen molar-refractivity contribution < 1.29 is 18.3 Å².